The van der Waals surface area contributed by atoms with Crippen LogP contribution in [0.1, 0.15) is 30.0 Å². The van der Waals surface area contributed by atoms with E-state index in [0.29, 0.717) is 33.0 Å². The van der Waals surface area contributed by atoms with Crippen molar-refractivity contribution in [3.63, 3.8) is 0 Å². The minimum atomic E-state index is -4.03. The van der Waals surface area contributed by atoms with Gasteiger partial charge >= 0.3 is 5.97 Å². The number of carboxylic acid groups (broad SMARTS) is 1. The van der Waals surface area contributed by atoms with Gasteiger partial charge in [-0.1, -0.05) is 61.3 Å². The zero-order valence-electron chi connectivity index (χ0n) is 21.9. The summed E-state index contributed by atoms with van der Waals surface area (Å²) < 4.78 is 38.7. The second-order valence-electron chi connectivity index (χ2n) is 9.37. The van der Waals surface area contributed by atoms with E-state index in [4.69, 9.17) is 32.4 Å². The van der Waals surface area contributed by atoms with Crippen molar-refractivity contribution in [2.75, 3.05) is 12.4 Å². The van der Waals surface area contributed by atoms with Gasteiger partial charge in [-0.05, 0) is 54.3 Å². The Bertz CT molecular complexity index is 1700. The largest absolute Gasteiger partial charge is 0.494 e. The van der Waals surface area contributed by atoms with Crippen molar-refractivity contribution < 1.29 is 32.3 Å². The highest BCUT2D eigenvalue weighted by Crippen LogP contribution is 2.42. The molecule has 0 aliphatic rings. The van der Waals surface area contributed by atoms with Gasteiger partial charge in [0.25, 0.3) is 5.91 Å². The Kier molecular flexibility index (Phi) is 8.46. The number of halogens is 2. The molecule has 9 nitrogen and oxygen atoms in total. The van der Waals surface area contributed by atoms with Crippen molar-refractivity contribution in [1.29, 1.82) is 0 Å². The van der Waals surface area contributed by atoms with E-state index < -0.39 is 33.9 Å². The summed E-state index contributed by atoms with van der Waals surface area (Å²) in [7, 11) is -2.56. The van der Waals surface area contributed by atoms with E-state index in [9.17, 15) is 23.1 Å². The molecule has 4 rings (SSSR count). The third-order valence-corrected chi connectivity index (χ3v) is 8.35. The van der Waals surface area contributed by atoms with Crippen LogP contribution in [0.15, 0.2) is 63.9 Å². The van der Waals surface area contributed by atoms with E-state index in [1.165, 1.54) is 25.3 Å². The minimum Gasteiger partial charge on any atom is -0.494 e. The molecule has 0 aliphatic carbocycles. The zero-order valence-corrected chi connectivity index (χ0v) is 24.2. The van der Waals surface area contributed by atoms with E-state index >= 15 is 0 Å². The summed E-state index contributed by atoms with van der Waals surface area (Å²) in [4.78, 5) is 24.4. The first-order chi connectivity index (χ1) is 18.8. The molecule has 1 unspecified atom stereocenters. The number of methoxy groups -OCH3 is 1. The van der Waals surface area contributed by atoms with Crippen LogP contribution >= 0.6 is 23.2 Å². The van der Waals surface area contributed by atoms with Crippen molar-refractivity contribution in [2.24, 2.45) is 5.92 Å². The molecule has 40 heavy (non-hydrogen) atoms. The molecule has 3 aromatic carbocycles. The van der Waals surface area contributed by atoms with Gasteiger partial charge in [-0.3, -0.25) is 9.59 Å². The molecule has 0 radical (unpaired) electrons. The predicted molar refractivity (Wildman–Crippen MR) is 154 cm³/mol. The fourth-order valence-electron chi connectivity index (χ4n) is 4.20. The highest BCUT2D eigenvalue weighted by Gasteiger charge is 2.28. The normalized spacial score (nSPS) is 12.5. The molecule has 3 N–H and O–H groups in total. The Balaban J connectivity index is 1.51. The van der Waals surface area contributed by atoms with Gasteiger partial charge in [0.2, 0.25) is 10.0 Å². The van der Waals surface area contributed by atoms with Crippen molar-refractivity contribution in [3.05, 3.63) is 76.0 Å². The Morgan fingerprint density at radius 1 is 0.975 bits per heavy atom. The molecule has 1 amide bonds. The van der Waals surface area contributed by atoms with Crippen LogP contribution in [0.25, 0.3) is 22.1 Å². The molecule has 210 valence electrons. The number of ether oxygens (including phenoxy) is 1. The number of anilines is 1. The third kappa shape index (κ3) is 5.80. The summed E-state index contributed by atoms with van der Waals surface area (Å²) in [6.45, 7) is 4.96. The van der Waals surface area contributed by atoms with Crippen molar-refractivity contribution in [2.45, 2.75) is 31.7 Å². The van der Waals surface area contributed by atoms with E-state index in [2.05, 4.69) is 10.0 Å². The number of hydrogen-bond donors (Lipinski definition) is 3. The van der Waals surface area contributed by atoms with E-state index in [-0.39, 0.29) is 15.7 Å². The molecule has 0 saturated heterocycles. The van der Waals surface area contributed by atoms with E-state index in [0.717, 1.165) is 11.1 Å². The fraction of sp³-hybridized carbons (Fsp3) is 0.214. The zero-order chi connectivity index (χ0) is 29.4. The maximum absolute atomic E-state index is 13.0. The van der Waals surface area contributed by atoms with Crippen LogP contribution in [0.3, 0.4) is 0 Å². The number of sulfonamides is 1. The van der Waals surface area contributed by atoms with Crippen LogP contribution in [-0.2, 0) is 14.8 Å². The molecule has 4 aromatic rings. The number of amides is 1. The molecule has 0 spiro atoms. The molecule has 0 saturated carbocycles. The Morgan fingerprint density at radius 3 is 2.08 bits per heavy atom. The summed E-state index contributed by atoms with van der Waals surface area (Å²) in [5.74, 6) is -1.73. The quantitative estimate of drug-likeness (QED) is 0.202. The smallest absolute Gasteiger partial charge is 0.322 e. The number of carbonyl (C=O) groups is 2. The van der Waals surface area contributed by atoms with Crippen LogP contribution in [0.2, 0.25) is 10.0 Å². The summed E-state index contributed by atoms with van der Waals surface area (Å²) in [5.41, 5.74) is 2.82. The van der Waals surface area contributed by atoms with Crippen LogP contribution in [-0.4, -0.2) is 38.6 Å². The average Bonchev–Trinajstić information content (AvgIpc) is 3.25. The van der Waals surface area contributed by atoms with Crippen molar-refractivity contribution in [1.82, 2.24) is 4.72 Å². The topological polar surface area (TPSA) is 135 Å². The van der Waals surface area contributed by atoms with E-state index in [1.54, 1.807) is 57.2 Å². The molecular weight excluding hydrogens is 579 g/mol. The highest BCUT2D eigenvalue weighted by atomic mass is 35.5. The van der Waals surface area contributed by atoms with E-state index in [1.807, 2.05) is 0 Å². The molecule has 1 aromatic heterocycles. The summed E-state index contributed by atoms with van der Waals surface area (Å²) in [6.07, 6.45) is 0. The molecule has 0 bridgehead atoms. The first kappa shape index (κ1) is 29.4. The number of aliphatic carboxylic acids is 1. The maximum atomic E-state index is 13.0. The number of carboxylic acids is 1. The summed E-state index contributed by atoms with van der Waals surface area (Å²) >= 11 is 12.5. The SMILES string of the molecule is COc1c(Cl)cc(Cl)c2oc(C(=O)Nc3ccc(-c4ccc(S(=O)(=O)NC(C(=O)O)C(C)C)cc4)cc3)c(C)c12. The molecule has 1 atom stereocenters. The minimum absolute atomic E-state index is 0.0498. The lowest BCUT2D eigenvalue weighted by Crippen LogP contribution is -2.44. The number of furan rings is 1. The lowest BCUT2D eigenvalue weighted by molar-refractivity contribution is -0.140. The molecular formula is C28H26Cl2N2O7S. The predicted octanol–water partition coefficient (Wildman–Crippen LogP) is 6.36. The van der Waals surface area contributed by atoms with Crippen molar-refractivity contribution >= 4 is 61.8 Å². The number of rotatable bonds is 9. The maximum Gasteiger partial charge on any atom is 0.322 e. The van der Waals surface area contributed by atoms with Gasteiger partial charge in [0.15, 0.2) is 11.3 Å². The summed E-state index contributed by atoms with van der Waals surface area (Å²) in [6, 6.07) is 13.2. The number of carbonyl (C=O) groups excluding carboxylic acids is 1. The second kappa shape index (κ2) is 11.5. The van der Waals surface area contributed by atoms with Gasteiger partial charge in [-0.15, -0.1) is 0 Å². The standard InChI is InChI=1S/C28H26Cl2N2O7S/c1-14(2)23(28(34)35)32-40(36,37)19-11-7-17(8-12-19)16-5-9-18(10-6-16)31-27(33)24-15(3)22-25(38-4)20(29)13-21(30)26(22)39-24/h5-14,23,32H,1-4H3,(H,31,33)(H,34,35). The van der Waals surface area contributed by atoms with Crippen LogP contribution < -0.4 is 14.8 Å². The van der Waals surface area contributed by atoms with Crippen LogP contribution in [0.5, 0.6) is 5.75 Å². The fourth-order valence-corrected chi connectivity index (χ4v) is 6.12. The Labute approximate surface area is 241 Å². The number of aryl methyl sites for hydroxylation is 1. The molecule has 12 heteroatoms. The van der Waals surface area contributed by atoms with Crippen molar-refractivity contribution in [3.8, 4) is 16.9 Å². The number of hydrogen-bond acceptors (Lipinski definition) is 6. The number of benzene rings is 3. The molecule has 0 fully saturated rings. The summed E-state index contributed by atoms with van der Waals surface area (Å²) in [5, 5.41) is 13.2. The third-order valence-electron chi connectivity index (χ3n) is 6.33. The average molecular weight is 605 g/mol. The molecule has 1 heterocycles. The Hall–Kier alpha value is -3.57. The lowest BCUT2D eigenvalue weighted by atomic mass is 10.1. The van der Waals surface area contributed by atoms with Gasteiger partial charge in [-0.2, -0.15) is 4.72 Å². The molecule has 0 aliphatic heterocycles. The monoisotopic (exact) mass is 604 g/mol. The van der Waals surface area contributed by atoms with Crippen LogP contribution in [0, 0.1) is 12.8 Å². The number of fused-ring (bicyclic) bond motifs is 1. The Morgan fingerprint density at radius 2 is 1.55 bits per heavy atom. The number of nitrogens with one attached hydrogen (secondary N) is 2. The first-order valence-electron chi connectivity index (χ1n) is 12.1. The second-order valence-corrected chi connectivity index (χ2v) is 11.9. The first-order valence-corrected chi connectivity index (χ1v) is 14.3. The highest BCUT2D eigenvalue weighted by molar-refractivity contribution is 7.89. The van der Waals surface area contributed by atoms with Gasteiger partial charge in [0.1, 0.15) is 11.8 Å². The van der Waals surface area contributed by atoms with Gasteiger partial charge in [0.05, 0.1) is 27.4 Å². The lowest BCUT2D eigenvalue weighted by Gasteiger charge is -2.18. The van der Waals surface area contributed by atoms with Crippen LogP contribution in [0.4, 0.5) is 5.69 Å². The van der Waals surface area contributed by atoms with Gasteiger partial charge in [-0.25, -0.2) is 8.42 Å². The van der Waals surface area contributed by atoms with Gasteiger partial charge in [0, 0.05) is 11.3 Å². The van der Waals surface area contributed by atoms with Gasteiger partial charge < -0.3 is 19.6 Å².